The van der Waals surface area contributed by atoms with Crippen LogP contribution in [0.15, 0.2) is 76.5 Å². The van der Waals surface area contributed by atoms with Crippen LogP contribution in [0, 0.1) is 5.92 Å². The second-order valence-electron chi connectivity index (χ2n) is 13.1. The first-order valence-corrected chi connectivity index (χ1v) is 17.6. The predicted octanol–water partition coefficient (Wildman–Crippen LogP) is 7.58. The van der Waals surface area contributed by atoms with Gasteiger partial charge in [-0.05, 0) is 93.4 Å². The lowest BCUT2D eigenvalue weighted by Gasteiger charge is -2.36. The summed E-state index contributed by atoms with van der Waals surface area (Å²) in [5.41, 5.74) is 9.79. The molecule has 2 unspecified atom stereocenters. The highest BCUT2D eigenvalue weighted by Gasteiger charge is 2.31. The molecule has 7 heteroatoms. The van der Waals surface area contributed by atoms with E-state index in [1.165, 1.54) is 37.6 Å². The molecule has 1 aliphatic heterocycles. The van der Waals surface area contributed by atoms with Gasteiger partial charge in [0.2, 0.25) is 0 Å². The highest BCUT2D eigenvalue weighted by Crippen LogP contribution is 2.37. The van der Waals surface area contributed by atoms with Gasteiger partial charge in [-0.25, -0.2) is 0 Å². The van der Waals surface area contributed by atoms with Crippen molar-refractivity contribution < 1.29 is 15.0 Å². The van der Waals surface area contributed by atoms with E-state index < -0.39 is 0 Å². The molecule has 0 radical (unpaired) electrons. The summed E-state index contributed by atoms with van der Waals surface area (Å²) in [5, 5.41) is 22.0. The molecule has 256 valence electrons. The number of nitrogens with two attached hydrogens (primary N) is 1. The van der Waals surface area contributed by atoms with E-state index in [0.29, 0.717) is 18.0 Å². The number of nitrogens with one attached hydrogen (secondary N) is 1. The van der Waals surface area contributed by atoms with Crippen molar-refractivity contribution in [3.05, 3.63) is 77.1 Å². The van der Waals surface area contributed by atoms with E-state index in [0.717, 1.165) is 75.1 Å². The highest BCUT2D eigenvalue weighted by molar-refractivity contribution is 6.12. The van der Waals surface area contributed by atoms with Gasteiger partial charge < -0.3 is 26.2 Å². The van der Waals surface area contributed by atoms with E-state index in [-0.39, 0.29) is 23.8 Å². The minimum absolute atomic E-state index is 0.0566. The van der Waals surface area contributed by atoms with E-state index in [4.69, 9.17) is 5.73 Å². The standard InChI is InChI=1S/C29H41N3O2.C10H21NO/c1-4-6-12-23(13-8-7-11-22(3)10-5-2)20-31-21-26(19-30)29(34)32-27-16-25(17-27)24-14-9-15-28(33)18-24;1-3-4-9(2)7-11-6-5-10(12)8-11/h6,9,11-15,18-19,21,25,27,33H,4-5,7-8,10,16-17,20,30H2,1-3H3,(H,32,34);9-10,12H,3-8H2,1-2H3/b12-6+,22-11+,23-13+,26-19+,31-21?;. The number of hydrogen-bond acceptors (Lipinski definition) is 6. The Hall–Kier alpha value is -3.16. The van der Waals surface area contributed by atoms with Crippen molar-refractivity contribution in [1.82, 2.24) is 10.2 Å². The average Bonchev–Trinajstić information content (AvgIpc) is 3.41. The lowest BCUT2D eigenvalue weighted by Crippen LogP contribution is -2.44. The predicted molar refractivity (Wildman–Crippen MR) is 194 cm³/mol. The third kappa shape index (κ3) is 15.4. The first-order valence-electron chi connectivity index (χ1n) is 17.6. The van der Waals surface area contributed by atoms with Crippen LogP contribution in [-0.4, -0.2) is 65.6 Å². The molecule has 1 heterocycles. The van der Waals surface area contributed by atoms with Crippen molar-refractivity contribution in [2.24, 2.45) is 16.6 Å². The van der Waals surface area contributed by atoms with E-state index in [9.17, 15) is 15.0 Å². The first kappa shape index (κ1) is 39.0. The molecular weight excluding hydrogens is 572 g/mol. The number of β-amino-alcohol motifs (C(OH)–C–C–N with tert-alkyl or cyclic N) is 1. The number of benzene rings is 1. The van der Waals surface area contributed by atoms with E-state index in [2.05, 4.69) is 74.1 Å². The Bertz CT molecular complexity index is 1180. The molecule has 0 aromatic heterocycles. The molecular formula is C39H62N4O3. The number of nitrogens with zero attached hydrogens (tertiary/aromatic N) is 2. The van der Waals surface area contributed by atoms with Crippen molar-refractivity contribution in [2.45, 2.75) is 117 Å². The number of phenols is 1. The minimum atomic E-state index is -0.197. The fourth-order valence-corrected chi connectivity index (χ4v) is 6.03. The number of aliphatic hydroxyl groups is 1. The number of amides is 1. The number of carbonyl (C=O) groups excluding carboxylic acids is 1. The van der Waals surface area contributed by atoms with Crippen LogP contribution in [0.5, 0.6) is 5.75 Å². The highest BCUT2D eigenvalue weighted by atomic mass is 16.3. The number of aliphatic imine (C=N–C) groups is 1. The van der Waals surface area contributed by atoms with Gasteiger partial charge in [0.25, 0.3) is 5.91 Å². The number of unbranched alkanes of at least 4 members (excludes halogenated alkanes) is 1. The van der Waals surface area contributed by atoms with Crippen LogP contribution in [0.2, 0.25) is 0 Å². The molecule has 1 saturated carbocycles. The number of carbonyl (C=O) groups is 1. The second kappa shape index (κ2) is 22.4. The Morgan fingerprint density at radius 2 is 1.93 bits per heavy atom. The van der Waals surface area contributed by atoms with Gasteiger partial charge in [0.15, 0.2) is 0 Å². The maximum absolute atomic E-state index is 12.6. The first-order chi connectivity index (χ1) is 22.2. The van der Waals surface area contributed by atoms with Crippen LogP contribution in [0.1, 0.15) is 110 Å². The van der Waals surface area contributed by atoms with Crippen molar-refractivity contribution in [2.75, 3.05) is 26.2 Å². The molecule has 1 aromatic rings. The molecule has 1 aromatic carbocycles. The summed E-state index contributed by atoms with van der Waals surface area (Å²) >= 11 is 0. The summed E-state index contributed by atoms with van der Waals surface area (Å²) in [5.74, 6) is 1.23. The Morgan fingerprint density at radius 3 is 2.57 bits per heavy atom. The summed E-state index contributed by atoms with van der Waals surface area (Å²) in [7, 11) is 0. The lowest BCUT2D eigenvalue weighted by molar-refractivity contribution is -0.118. The fraction of sp³-hybridized carbons (Fsp3) is 0.590. The molecule has 5 N–H and O–H groups in total. The topological polar surface area (TPSA) is 111 Å². The van der Waals surface area contributed by atoms with Crippen LogP contribution in [0.3, 0.4) is 0 Å². The van der Waals surface area contributed by atoms with Crippen molar-refractivity contribution in [3.8, 4) is 5.75 Å². The lowest BCUT2D eigenvalue weighted by atomic mass is 9.76. The largest absolute Gasteiger partial charge is 0.508 e. The number of aromatic hydroxyl groups is 1. The van der Waals surface area contributed by atoms with Crippen LogP contribution in [0.4, 0.5) is 0 Å². The summed E-state index contributed by atoms with van der Waals surface area (Å²) in [6.45, 7) is 14.7. The van der Waals surface area contributed by atoms with Gasteiger partial charge in [0, 0.05) is 38.1 Å². The number of likely N-dealkylation sites (tertiary alicyclic amines) is 1. The van der Waals surface area contributed by atoms with Gasteiger partial charge in [-0.2, -0.15) is 0 Å². The summed E-state index contributed by atoms with van der Waals surface area (Å²) < 4.78 is 0. The van der Waals surface area contributed by atoms with Gasteiger partial charge in [-0.15, -0.1) is 0 Å². The number of rotatable bonds is 17. The van der Waals surface area contributed by atoms with Crippen molar-refractivity contribution in [1.29, 1.82) is 0 Å². The van der Waals surface area contributed by atoms with Crippen LogP contribution >= 0.6 is 0 Å². The molecule has 1 amide bonds. The zero-order valence-electron chi connectivity index (χ0n) is 29.3. The maximum atomic E-state index is 12.6. The molecule has 2 fully saturated rings. The molecule has 7 nitrogen and oxygen atoms in total. The van der Waals surface area contributed by atoms with Gasteiger partial charge >= 0.3 is 0 Å². The second-order valence-corrected chi connectivity index (χ2v) is 13.1. The van der Waals surface area contributed by atoms with Crippen LogP contribution in [-0.2, 0) is 4.79 Å². The maximum Gasteiger partial charge on any atom is 0.254 e. The van der Waals surface area contributed by atoms with E-state index in [1.54, 1.807) is 18.3 Å². The van der Waals surface area contributed by atoms with Gasteiger partial charge in [-0.1, -0.05) is 82.5 Å². The van der Waals surface area contributed by atoms with Crippen LogP contribution in [0.25, 0.3) is 0 Å². The molecule has 2 atom stereocenters. The van der Waals surface area contributed by atoms with Crippen LogP contribution < -0.4 is 11.1 Å². The SMILES string of the molecule is CC/C=C/C(=C\CC/C=C(\C)CCC)CN=C/C(=C\N)C(=O)NC1CC(c2cccc(O)c2)C1.CCCC(C)CN1CCC(O)C1. The van der Waals surface area contributed by atoms with Crippen molar-refractivity contribution >= 4 is 12.1 Å². The van der Waals surface area contributed by atoms with E-state index in [1.807, 2.05) is 12.1 Å². The summed E-state index contributed by atoms with van der Waals surface area (Å²) in [4.78, 5) is 19.5. The molecule has 1 saturated heterocycles. The normalized spacial score (nSPS) is 21.7. The third-order valence-electron chi connectivity index (χ3n) is 8.64. The molecule has 2 aliphatic rings. The molecule has 1 aliphatic carbocycles. The quantitative estimate of drug-likeness (QED) is 0.0464. The number of allylic oxidation sites excluding steroid dienone is 4. The fourth-order valence-electron chi connectivity index (χ4n) is 6.03. The van der Waals surface area contributed by atoms with Gasteiger partial charge in [0.05, 0.1) is 18.2 Å². The summed E-state index contributed by atoms with van der Waals surface area (Å²) in [6, 6.07) is 7.44. The Labute approximate surface area is 279 Å². The number of aliphatic hydroxyl groups excluding tert-OH is 1. The average molecular weight is 635 g/mol. The Kier molecular flexibility index (Phi) is 19.0. The van der Waals surface area contributed by atoms with E-state index >= 15 is 0 Å². The molecule has 46 heavy (non-hydrogen) atoms. The van der Waals surface area contributed by atoms with Gasteiger partial charge in [-0.3, -0.25) is 9.79 Å². The number of phenolic OH excluding ortho intramolecular Hbond substituents is 1. The Morgan fingerprint density at radius 1 is 1.17 bits per heavy atom. The zero-order valence-corrected chi connectivity index (χ0v) is 29.3. The Balaban J connectivity index is 0.000000512. The summed E-state index contributed by atoms with van der Waals surface area (Å²) in [6.07, 6.45) is 22.2. The smallest absolute Gasteiger partial charge is 0.254 e. The number of hydrogen-bond donors (Lipinski definition) is 4. The molecule has 3 rings (SSSR count). The van der Waals surface area contributed by atoms with Gasteiger partial charge in [0.1, 0.15) is 5.75 Å². The zero-order chi connectivity index (χ0) is 33.7. The minimum Gasteiger partial charge on any atom is -0.508 e. The van der Waals surface area contributed by atoms with Crippen molar-refractivity contribution in [3.63, 3.8) is 0 Å². The monoisotopic (exact) mass is 634 g/mol. The molecule has 0 spiro atoms. The molecule has 0 bridgehead atoms. The third-order valence-corrected chi connectivity index (χ3v) is 8.64.